The number of anilines is 1. The molecule has 1 aromatic carbocycles. The molecule has 0 aromatic heterocycles. The van der Waals surface area contributed by atoms with Gasteiger partial charge in [0.25, 0.3) is 0 Å². The summed E-state index contributed by atoms with van der Waals surface area (Å²) in [7, 11) is 0. The lowest BCUT2D eigenvalue weighted by Gasteiger charge is -2.50. The largest absolute Gasteiger partial charge is 0.347 e. The number of para-hydroxylation sites is 1. The Morgan fingerprint density at radius 2 is 1.94 bits per heavy atom. The maximum atomic E-state index is 12.0. The Morgan fingerprint density at radius 3 is 2.67 bits per heavy atom. The van der Waals surface area contributed by atoms with E-state index in [1.807, 2.05) is 6.92 Å². The SMILES string of the molecule is C[C@H]1CN2c3ccccc3C(C)(C)[C@@]2(C)NC1=O. The van der Waals surface area contributed by atoms with Crippen LogP contribution in [0.4, 0.5) is 5.69 Å². The van der Waals surface area contributed by atoms with Crippen LogP contribution in [0.2, 0.25) is 0 Å². The molecule has 2 aliphatic heterocycles. The highest BCUT2D eigenvalue weighted by atomic mass is 16.2. The molecule has 3 nitrogen and oxygen atoms in total. The molecule has 18 heavy (non-hydrogen) atoms. The summed E-state index contributed by atoms with van der Waals surface area (Å²) < 4.78 is 0. The lowest BCUT2D eigenvalue weighted by molar-refractivity contribution is -0.128. The topological polar surface area (TPSA) is 32.3 Å². The van der Waals surface area contributed by atoms with Crippen molar-refractivity contribution in [3.05, 3.63) is 29.8 Å². The van der Waals surface area contributed by atoms with E-state index in [2.05, 4.69) is 55.3 Å². The molecule has 2 atom stereocenters. The van der Waals surface area contributed by atoms with Crippen LogP contribution in [0, 0.1) is 5.92 Å². The predicted molar refractivity (Wildman–Crippen MR) is 72.5 cm³/mol. The van der Waals surface area contributed by atoms with E-state index >= 15 is 0 Å². The third-order valence-corrected chi connectivity index (χ3v) is 4.90. The number of fused-ring (bicyclic) bond motifs is 3. The predicted octanol–water partition coefficient (Wildman–Crippen LogP) is 2.27. The van der Waals surface area contributed by atoms with Gasteiger partial charge in [-0.3, -0.25) is 4.79 Å². The monoisotopic (exact) mass is 244 g/mol. The number of rotatable bonds is 0. The van der Waals surface area contributed by atoms with Crippen molar-refractivity contribution in [3.8, 4) is 0 Å². The molecule has 1 N–H and O–H groups in total. The summed E-state index contributed by atoms with van der Waals surface area (Å²) in [5.74, 6) is 0.203. The molecule has 2 heterocycles. The normalized spacial score (nSPS) is 32.8. The first-order valence-corrected chi connectivity index (χ1v) is 6.57. The summed E-state index contributed by atoms with van der Waals surface area (Å²) in [6.45, 7) is 9.34. The zero-order chi connectivity index (χ0) is 13.1. The van der Waals surface area contributed by atoms with E-state index in [0.29, 0.717) is 0 Å². The summed E-state index contributed by atoms with van der Waals surface area (Å²) >= 11 is 0. The molecule has 0 spiro atoms. The maximum absolute atomic E-state index is 12.0. The molecular formula is C15H20N2O. The van der Waals surface area contributed by atoms with Gasteiger partial charge in [0.2, 0.25) is 5.91 Å². The summed E-state index contributed by atoms with van der Waals surface area (Å²) in [5.41, 5.74) is 2.18. The zero-order valence-corrected chi connectivity index (χ0v) is 11.4. The third kappa shape index (κ3) is 1.17. The molecule has 0 radical (unpaired) electrons. The van der Waals surface area contributed by atoms with Gasteiger partial charge < -0.3 is 10.2 Å². The van der Waals surface area contributed by atoms with Crippen molar-refractivity contribution in [1.82, 2.24) is 5.32 Å². The summed E-state index contributed by atoms with van der Waals surface area (Å²) in [6, 6.07) is 8.48. The number of amides is 1. The lowest BCUT2D eigenvalue weighted by Crippen LogP contribution is -2.70. The summed E-state index contributed by atoms with van der Waals surface area (Å²) in [4.78, 5) is 14.4. The van der Waals surface area contributed by atoms with E-state index in [0.717, 1.165) is 6.54 Å². The first-order valence-electron chi connectivity index (χ1n) is 6.57. The van der Waals surface area contributed by atoms with Crippen LogP contribution >= 0.6 is 0 Å². The minimum Gasteiger partial charge on any atom is -0.347 e. The number of nitrogens with zero attached hydrogens (tertiary/aromatic N) is 1. The van der Waals surface area contributed by atoms with Crippen LogP contribution in [0.25, 0.3) is 0 Å². The lowest BCUT2D eigenvalue weighted by atomic mass is 9.75. The number of nitrogens with one attached hydrogen (secondary N) is 1. The molecule has 1 aromatic rings. The number of carbonyl (C=O) groups is 1. The van der Waals surface area contributed by atoms with E-state index in [9.17, 15) is 4.79 Å². The second-order valence-electron chi connectivity index (χ2n) is 6.22. The highest BCUT2D eigenvalue weighted by Crippen LogP contribution is 2.51. The quantitative estimate of drug-likeness (QED) is 0.759. The third-order valence-electron chi connectivity index (χ3n) is 4.90. The number of benzene rings is 1. The van der Waals surface area contributed by atoms with Gasteiger partial charge in [-0.1, -0.05) is 39.0 Å². The fraction of sp³-hybridized carbons (Fsp3) is 0.533. The van der Waals surface area contributed by atoms with E-state index in [1.165, 1.54) is 11.3 Å². The van der Waals surface area contributed by atoms with E-state index < -0.39 is 0 Å². The smallest absolute Gasteiger partial charge is 0.226 e. The first-order chi connectivity index (χ1) is 8.38. The Hall–Kier alpha value is -1.51. The van der Waals surface area contributed by atoms with Crippen LogP contribution in [0.5, 0.6) is 0 Å². The highest BCUT2D eigenvalue weighted by molar-refractivity contribution is 5.84. The molecule has 0 aliphatic carbocycles. The van der Waals surface area contributed by atoms with Crippen molar-refractivity contribution >= 4 is 11.6 Å². The van der Waals surface area contributed by atoms with Crippen molar-refractivity contribution in [3.63, 3.8) is 0 Å². The fourth-order valence-corrected chi connectivity index (χ4v) is 3.30. The average molecular weight is 244 g/mol. The van der Waals surface area contributed by atoms with Gasteiger partial charge in [0.15, 0.2) is 0 Å². The summed E-state index contributed by atoms with van der Waals surface area (Å²) in [6.07, 6.45) is 0. The van der Waals surface area contributed by atoms with Crippen molar-refractivity contribution in [2.45, 2.75) is 38.8 Å². The Balaban J connectivity index is 2.19. The van der Waals surface area contributed by atoms with Crippen molar-refractivity contribution in [2.75, 3.05) is 11.4 Å². The van der Waals surface area contributed by atoms with Gasteiger partial charge >= 0.3 is 0 Å². The van der Waals surface area contributed by atoms with Crippen LogP contribution in [0.15, 0.2) is 24.3 Å². The molecule has 1 fully saturated rings. The Kier molecular flexibility index (Phi) is 2.11. The van der Waals surface area contributed by atoms with Gasteiger partial charge in [-0.05, 0) is 18.6 Å². The number of hydrogen-bond donors (Lipinski definition) is 1. The maximum Gasteiger partial charge on any atom is 0.226 e. The summed E-state index contributed by atoms with van der Waals surface area (Å²) in [5, 5.41) is 3.23. The van der Waals surface area contributed by atoms with E-state index in [-0.39, 0.29) is 22.9 Å². The van der Waals surface area contributed by atoms with Gasteiger partial charge in [0.1, 0.15) is 5.66 Å². The zero-order valence-electron chi connectivity index (χ0n) is 11.4. The minimum absolute atomic E-state index is 0.0417. The molecule has 96 valence electrons. The van der Waals surface area contributed by atoms with E-state index in [1.54, 1.807) is 0 Å². The molecule has 0 saturated carbocycles. The van der Waals surface area contributed by atoms with Gasteiger partial charge in [-0.25, -0.2) is 0 Å². The van der Waals surface area contributed by atoms with Crippen LogP contribution in [0.3, 0.4) is 0 Å². The molecule has 0 bridgehead atoms. The number of carbonyl (C=O) groups excluding carboxylic acids is 1. The van der Waals surface area contributed by atoms with Gasteiger partial charge in [0.05, 0.1) is 5.92 Å². The molecule has 3 heteroatoms. The van der Waals surface area contributed by atoms with Crippen molar-refractivity contribution in [2.24, 2.45) is 5.92 Å². The van der Waals surface area contributed by atoms with Gasteiger partial charge in [0, 0.05) is 17.6 Å². The van der Waals surface area contributed by atoms with Crippen molar-refractivity contribution < 1.29 is 4.79 Å². The molecule has 2 aliphatic rings. The minimum atomic E-state index is -0.319. The highest BCUT2D eigenvalue weighted by Gasteiger charge is 2.57. The van der Waals surface area contributed by atoms with Crippen LogP contribution in [-0.2, 0) is 10.2 Å². The van der Waals surface area contributed by atoms with Crippen molar-refractivity contribution in [1.29, 1.82) is 0 Å². The van der Waals surface area contributed by atoms with Gasteiger partial charge in [-0.2, -0.15) is 0 Å². The Bertz CT molecular complexity index is 523. The van der Waals surface area contributed by atoms with Crippen LogP contribution in [0.1, 0.15) is 33.3 Å². The van der Waals surface area contributed by atoms with Crippen LogP contribution in [-0.4, -0.2) is 18.1 Å². The fourth-order valence-electron chi connectivity index (χ4n) is 3.30. The second kappa shape index (κ2) is 3.28. The van der Waals surface area contributed by atoms with Gasteiger partial charge in [-0.15, -0.1) is 0 Å². The molecular weight excluding hydrogens is 224 g/mol. The molecule has 3 rings (SSSR count). The van der Waals surface area contributed by atoms with Crippen LogP contribution < -0.4 is 10.2 Å². The number of hydrogen-bond acceptors (Lipinski definition) is 2. The Morgan fingerprint density at radius 1 is 1.28 bits per heavy atom. The first kappa shape index (κ1) is 11.6. The molecule has 1 amide bonds. The second-order valence-corrected chi connectivity index (χ2v) is 6.22. The Labute approximate surface area is 108 Å². The molecule has 1 saturated heterocycles. The average Bonchev–Trinajstić information content (AvgIpc) is 2.48. The standard InChI is InChI=1S/C15H20N2O/c1-10-9-17-12-8-6-5-7-11(12)14(2,3)15(17,4)16-13(10)18/h5-8,10H,9H2,1-4H3,(H,16,18)/t10-,15-/m0/s1. The van der Waals surface area contributed by atoms with E-state index in [4.69, 9.17) is 0 Å². The molecule has 0 unspecified atom stereocenters.